The van der Waals surface area contributed by atoms with E-state index in [0.717, 1.165) is 66.1 Å². The van der Waals surface area contributed by atoms with Gasteiger partial charge in [0.15, 0.2) is 5.84 Å². The lowest BCUT2D eigenvalue weighted by atomic mass is 9.91. The van der Waals surface area contributed by atoms with E-state index in [1.807, 2.05) is 84.9 Å². The number of fused-ring (bicyclic) bond motifs is 13. The summed E-state index contributed by atoms with van der Waals surface area (Å²) in [7, 11) is -3.02. The first-order chi connectivity index (χ1) is 30.1. The van der Waals surface area contributed by atoms with Crippen molar-refractivity contribution in [3.05, 3.63) is 200 Å². The summed E-state index contributed by atoms with van der Waals surface area (Å²) >= 11 is 0. The molecular weight excluding hydrogens is 769 g/mol. The van der Waals surface area contributed by atoms with Crippen LogP contribution in [0.3, 0.4) is 0 Å². The largest absolute Gasteiger partial charge is 0.456 e. The number of hydrogen-bond acceptors (Lipinski definition) is 5. The maximum atomic E-state index is 15.0. The smallest absolute Gasteiger partial charge is 0.170 e. The molecule has 6 heteroatoms. The second kappa shape index (κ2) is 12.8. The molecule has 0 N–H and O–H groups in total. The summed E-state index contributed by atoms with van der Waals surface area (Å²) in [6.45, 7) is 0. The van der Waals surface area contributed by atoms with E-state index in [9.17, 15) is 4.21 Å². The van der Waals surface area contributed by atoms with Crippen LogP contribution in [0, 0.1) is 0 Å². The monoisotopic (exact) mass is 800 g/mol. The fraction of sp³-hybridized carbons (Fsp3) is 0. The first-order valence-electron chi connectivity index (χ1n) is 20.3. The standard InChI is InChI=1S/C55H32N2O3S/c58-61(36-12-2-1-3-13-36)52-23-9-8-20-47(52)56-55(57-61)43-19-11-22-51-54(43)46-32-35(26-29-49(46)60-51)37-18-10-21-50-53(37)45-31-34(25-28-48(45)59-50)33-24-27-42-40-16-5-4-14-38(40)39-15-6-7-17-41(39)44(42)30-33/h1-32H. The predicted molar refractivity (Wildman–Crippen MR) is 251 cm³/mol. The molecule has 0 bridgehead atoms. The maximum Gasteiger partial charge on any atom is 0.170 e. The van der Waals surface area contributed by atoms with Crippen LogP contribution in [0.25, 0.3) is 98.4 Å². The fourth-order valence-corrected chi connectivity index (χ4v) is 11.5. The zero-order valence-electron chi connectivity index (χ0n) is 32.5. The van der Waals surface area contributed by atoms with Crippen molar-refractivity contribution < 1.29 is 13.0 Å². The van der Waals surface area contributed by atoms with Crippen LogP contribution in [-0.2, 0) is 9.73 Å². The molecule has 0 aliphatic carbocycles. The minimum atomic E-state index is -3.02. The molecule has 2 aromatic heterocycles. The molecule has 1 unspecified atom stereocenters. The van der Waals surface area contributed by atoms with E-state index in [2.05, 4.69) is 109 Å². The lowest BCUT2D eigenvalue weighted by molar-refractivity contribution is 0.669. The molecule has 5 nitrogen and oxygen atoms in total. The van der Waals surface area contributed by atoms with Crippen molar-refractivity contribution in [2.45, 2.75) is 9.79 Å². The molecule has 61 heavy (non-hydrogen) atoms. The Kier molecular flexibility index (Phi) is 7.18. The Hall–Kier alpha value is -7.80. The van der Waals surface area contributed by atoms with Gasteiger partial charge in [0.2, 0.25) is 0 Å². The highest BCUT2D eigenvalue weighted by Gasteiger charge is 2.27. The van der Waals surface area contributed by atoms with Crippen molar-refractivity contribution in [1.82, 2.24) is 0 Å². The van der Waals surface area contributed by atoms with Gasteiger partial charge in [-0.1, -0.05) is 127 Å². The van der Waals surface area contributed by atoms with Gasteiger partial charge in [-0.2, -0.15) is 4.36 Å². The summed E-state index contributed by atoms with van der Waals surface area (Å²) in [6.07, 6.45) is 0. The van der Waals surface area contributed by atoms with Crippen LogP contribution in [0.2, 0.25) is 0 Å². The van der Waals surface area contributed by atoms with Gasteiger partial charge in [-0.05, 0) is 121 Å². The summed E-state index contributed by atoms with van der Waals surface area (Å²) in [5.41, 5.74) is 8.87. The van der Waals surface area contributed by atoms with E-state index < -0.39 is 9.73 Å². The third kappa shape index (κ3) is 5.06. The van der Waals surface area contributed by atoms with Crippen LogP contribution < -0.4 is 0 Å². The van der Waals surface area contributed by atoms with E-state index in [0.29, 0.717) is 26.9 Å². The second-order valence-electron chi connectivity index (χ2n) is 15.7. The van der Waals surface area contributed by atoms with Gasteiger partial charge >= 0.3 is 0 Å². The van der Waals surface area contributed by atoms with E-state index in [1.165, 1.54) is 32.3 Å². The van der Waals surface area contributed by atoms with Crippen molar-refractivity contribution in [3.63, 3.8) is 0 Å². The van der Waals surface area contributed by atoms with Gasteiger partial charge < -0.3 is 8.83 Å². The zero-order chi connectivity index (χ0) is 40.2. The minimum absolute atomic E-state index is 0.414. The highest BCUT2D eigenvalue weighted by molar-refractivity contribution is 7.94. The van der Waals surface area contributed by atoms with E-state index >= 15 is 0 Å². The van der Waals surface area contributed by atoms with Crippen LogP contribution in [0.5, 0.6) is 0 Å². The molecule has 0 amide bonds. The summed E-state index contributed by atoms with van der Waals surface area (Å²) in [6, 6.07) is 66.3. The van der Waals surface area contributed by atoms with Crippen LogP contribution in [0.15, 0.2) is 222 Å². The van der Waals surface area contributed by atoms with Gasteiger partial charge in [0, 0.05) is 27.1 Å². The second-order valence-corrected chi connectivity index (χ2v) is 17.8. The van der Waals surface area contributed by atoms with Gasteiger partial charge in [0.1, 0.15) is 32.1 Å². The molecule has 13 rings (SSSR count). The van der Waals surface area contributed by atoms with Gasteiger partial charge in [0.05, 0.1) is 15.5 Å². The Balaban J connectivity index is 0.983. The molecular formula is C55H32N2O3S. The molecule has 1 aliphatic rings. The average molecular weight is 801 g/mol. The first kappa shape index (κ1) is 34.1. The molecule has 1 aliphatic heterocycles. The van der Waals surface area contributed by atoms with Gasteiger partial charge in [-0.3, -0.25) is 0 Å². The molecule has 0 spiro atoms. The number of rotatable bonds is 4. The average Bonchev–Trinajstić information content (AvgIpc) is 3.90. The Labute approximate surface area is 350 Å². The summed E-state index contributed by atoms with van der Waals surface area (Å²) in [5, 5.41) is 11.4. The highest BCUT2D eigenvalue weighted by atomic mass is 32.2. The van der Waals surface area contributed by atoms with Gasteiger partial charge in [0.25, 0.3) is 0 Å². The lowest BCUT2D eigenvalue weighted by Crippen LogP contribution is -2.12. The summed E-state index contributed by atoms with van der Waals surface area (Å²) < 4.78 is 33.0. The quantitative estimate of drug-likeness (QED) is 0.167. The Morgan fingerprint density at radius 1 is 0.377 bits per heavy atom. The van der Waals surface area contributed by atoms with Gasteiger partial charge in [-0.25, -0.2) is 9.20 Å². The highest BCUT2D eigenvalue weighted by Crippen LogP contribution is 2.44. The molecule has 10 aromatic carbocycles. The van der Waals surface area contributed by atoms with Crippen molar-refractivity contribution in [3.8, 4) is 22.3 Å². The zero-order valence-corrected chi connectivity index (χ0v) is 33.3. The minimum Gasteiger partial charge on any atom is -0.456 e. The predicted octanol–water partition coefficient (Wildman–Crippen LogP) is 15.3. The summed E-state index contributed by atoms with van der Waals surface area (Å²) in [4.78, 5) is 6.28. The van der Waals surface area contributed by atoms with Crippen molar-refractivity contribution in [2.24, 2.45) is 9.36 Å². The number of hydrogen-bond donors (Lipinski definition) is 0. The van der Waals surface area contributed by atoms with E-state index in [1.54, 1.807) is 0 Å². The van der Waals surface area contributed by atoms with Crippen molar-refractivity contribution in [1.29, 1.82) is 0 Å². The number of benzene rings is 10. The molecule has 0 saturated heterocycles. The third-order valence-corrected chi connectivity index (χ3v) is 14.6. The topological polar surface area (TPSA) is 68.1 Å². The fourth-order valence-electron chi connectivity index (χ4n) is 9.50. The summed E-state index contributed by atoms with van der Waals surface area (Å²) in [5.74, 6) is 0.414. The number of furan rings is 2. The normalized spacial score (nSPS) is 15.2. The number of aliphatic imine (C=N–C) groups is 1. The van der Waals surface area contributed by atoms with Crippen LogP contribution in [-0.4, -0.2) is 10.0 Å². The Morgan fingerprint density at radius 2 is 0.885 bits per heavy atom. The first-order valence-corrected chi connectivity index (χ1v) is 21.9. The number of nitrogens with zero attached hydrogens (tertiary/aromatic N) is 2. The lowest BCUT2D eigenvalue weighted by Gasteiger charge is -2.18. The molecule has 3 heterocycles. The van der Waals surface area contributed by atoms with Crippen LogP contribution >= 0.6 is 0 Å². The SMILES string of the molecule is O=S1(c2ccccc2)=NC(c2cccc3oc4ccc(-c5cccc6oc7ccc(-c8ccc9c%10ccccc%10c%10ccccc%10c9c8)cc7c56)cc4c23)=Nc2ccccc21. The van der Waals surface area contributed by atoms with Crippen molar-refractivity contribution in [2.75, 3.05) is 0 Å². The van der Waals surface area contributed by atoms with E-state index in [4.69, 9.17) is 18.2 Å². The molecule has 0 saturated carbocycles. The number of amidine groups is 1. The van der Waals surface area contributed by atoms with Crippen LogP contribution in [0.4, 0.5) is 5.69 Å². The maximum absolute atomic E-state index is 15.0. The number of para-hydroxylation sites is 1. The third-order valence-electron chi connectivity index (χ3n) is 12.3. The molecule has 0 radical (unpaired) electrons. The molecule has 12 aromatic rings. The molecule has 1 atom stereocenters. The van der Waals surface area contributed by atoms with Crippen molar-refractivity contribution >= 4 is 97.4 Å². The Bertz CT molecular complexity index is 3960. The Morgan fingerprint density at radius 3 is 1.57 bits per heavy atom. The van der Waals surface area contributed by atoms with Gasteiger partial charge in [-0.15, -0.1) is 0 Å². The molecule has 0 fully saturated rings. The molecule has 286 valence electrons. The van der Waals surface area contributed by atoms with E-state index in [-0.39, 0.29) is 0 Å². The van der Waals surface area contributed by atoms with Crippen LogP contribution in [0.1, 0.15) is 5.56 Å².